The van der Waals surface area contributed by atoms with Gasteiger partial charge in [-0.15, -0.1) is 0 Å². The predicted octanol–water partition coefficient (Wildman–Crippen LogP) is 3.65. The zero-order valence-corrected chi connectivity index (χ0v) is 16.5. The monoisotopic (exact) mass is 385 g/mol. The molecule has 0 saturated heterocycles. The summed E-state index contributed by atoms with van der Waals surface area (Å²) in [7, 11) is -2.18. The molecule has 0 saturated carbocycles. The van der Waals surface area contributed by atoms with Crippen molar-refractivity contribution in [1.29, 1.82) is 0 Å². The maximum atomic E-state index is 13.4. The van der Waals surface area contributed by atoms with Gasteiger partial charge in [0.25, 0.3) is 0 Å². The van der Waals surface area contributed by atoms with Gasteiger partial charge < -0.3 is 4.74 Å². The van der Waals surface area contributed by atoms with Crippen molar-refractivity contribution in [1.82, 2.24) is 4.31 Å². The SMILES string of the molecule is COc1cccc([C@@H]2CC=C(C(C)=O)CN2S(=O)(=O)c2ccc(C)cc2)c1. The number of hydrogen-bond acceptors (Lipinski definition) is 4. The third kappa shape index (κ3) is 3.96. The number of Topliss-reactive ketones (excluding diaryl/α,β-unsaturated/α-hetero) is 1. The van der Waals surface area contributed by atoms with Crippen molar-refractivity contribution in [3.8, 4) is 5.75 Å². The summed E-state index contributed by atoms with van der Waals surface area (Å²) in [6, 6.07) is 13.8. The van der Waals surface area contributed by atoms with Gasteiger partial charge in [0, 0.05) is 12.1 Å². The van der Waals surface area contributed by atoms with E-state index in [9.17, 15) is 13.2 Å². The fourth-order valence-electron chi connectivity index (χ4n) is 3.22. The van der Waals surface area contributed by atoms with Crippen molar-refractivity contribution >= 4 is 15.8 Å². The molecule has 2 aromatic carbocycles. The van der Waals surface area contributed by atoms with Gasteiger partial charge in [0.1, 0.15) is 5.75 Å². The zero-order valence-electron chi connectivity index (χ0n) is 15.7. The Morgan fingerprint density at radius 3 is 2.48 bits per heavy atom. The molecule has 0 fully saturated rings. The molecule has 142 valence electrons. The fraction of sp³-hybridized carbons (Fsp3) is 0.286. The standard InChI is InChI=1S/C21H23NO4S/c1-15-7-10-20(11-8-15)27(24,25)22-14-18(16(2)23)9-12-21(22)17-5-4-6-19(13-17)26-3/h4-11,13,21H,12,14H2,1-3H3/t21-/m0/s1. The Morgan fingerprint density at radius 1 is 1.15 bits per heavy atom. The second kappa shape index (κ2) is 7.66. The van der Waals surface area contributed by atoms with E-state index in [0.717, 1.165) is 11.1 Å². The quantitative estimate of drug-likeness (QED) is 0.788. The van der Waals surface area contributed by atoms with E-state index in [1.807, 2.05) is 37.3 Å². The summed E-state index contributed by atoms with van der Waals surface area (Å²) in [5, 5.41) is 0. The number of carbonyl (C=O) groups excluding carboxylic acids is 1. The van der Waals surface area contributed by atoms with Crippen molar-refractivity contribution in [2.45, 2.75) is 31.2 Å². The van der Waals surface area contributed by atoms with E-state index >= 15 is 0 Å². The molecule has 0 amide bonds. The minimum absolute atomic E-state index is 0.0629. The van der Waals surface area contributed by atoms with Crippen LogP contribution in [0.15, 0.2) is 65.1 Å². The molecule has 2 aromatic rings. The lowest BCUT2D eigenvalue weighted by molar-refractivity contribution is -0.113. The van der Waals surface area contributed by atoms with Crippen LogP contribution >= 0.6 is 0 Å². The molecule has 0 spiro atoms. The normalized spacial score (nSPS) is 18.0. The van der Waals surface area contributed by atoms with Gasteiger partial charge in [-0.25, -0.2) is 8.42 Å². The molecule has 5 nitrogen and oxygen atoms in total. The van der Waals surface area contributed by atoms with Crippen LogP contribution in [0.1, 0.15) is 30.5 Å². The van der Waals surface area contributed by atoms with Crippen LogP contribution in [0.3, 0.4) is 0 Å². The Hall–Kier alpha value is -2.44. The van der Waals surface area contributed by atoms with Crippen molar-refractivity contribution in [2.24, 2.45) is 0 Å². The van der Waals surface area contributed by atoms with E-state index in [-0.39, 0.29) is 17.2 Å². The lowest BCUT2D eigenvalue weighted by Gasteiger charge is -2.34. The lowest BCUT2D eigenvalue weighted by atomic mass is 9.97. The molecule has 1 aliphatic heterocycles. The van der Waals surface area contributed by atoms with Gasteiger partial charge in [0.05, 0.1) is 18.0 Å². The molecule has 1 aliphatic rings. The number of hydrogen-bond donors (Lipinski definition) is 0. The largest absolute Gasteiger partial charge is 0.497 e. The van der Waals surface area contributed by atoms with E-state index in [4.69, 9.17) is 4.74 Å². The number of ketones is 1. The van der Waals surface area contributed by atoms with E-state index in [2.05, 4.69) is 0 Å². The molecule has 0 N–H and O–H groups in total. The van der Waals surface area contributed by atoms with Crippen LogP contribution in [0.2, 0.25) is 0 Å². The maximum Gasteiger partial charge on any atom is 0.243 e. The molecular formula is C21H23NO4S. The molecule has 27 heavy (non-hydrogen) atoms. The molecule has 1 atom stereocenters. The van der Waals surface area contributed by atoms with Crippen LogP contribution < -0.4 is 4.74 Å². The molecule has 1 heterocycles. The van der Waals surface area contributed by atoms with Gasteiger partial charge in [-0.05, 0) is 50.1 Å². The molecule has 0 aromatic heterocycles. The highest BCUT2D eigenvalue weighted by molar-refractivity contribution is 7.89. The van der Waals surface area contributed by atoms with Crippen molar-refractivity contribution in [3.05, 3.63) is 71.3 Å². The summed E-state index contributed by atoms with van der Waals surface area (Å²) >= 11 is 0. The minimum atomic E-state index is -3.76. The fourth-order valence-corrected chi connectivity index (χ4v) is 4.82. The van der Waals surface area contributed by atoms with Gasteiger partial charge in [-0.2, -0.15) is 4.31 Å². The average molecular weight is 385 g/mol. The van der Waals surface area contributed by atoms with Crippen LogP contribution in [-0.4, -0.2) is 32.2 Å². The number of aryl methyl sites for hydroxylation is 1. The van der Waals surface area contributed by atoms with Crippen molar-refractivity contribution in [3.63, 3.8) is 0 Å². The summed E-state index contributed by atoms with van der Waals surface area (Å²) in [5.74, 6) is 0.560. The first kappa shape index (κ1) is 19.3. The van der Waals surface area contributed by atoms with Crippen LogP contribution in [0, 0.1) is 6.92 Å². The minimum Gasteiger partial charge on any atom is -0.497 e. The Labute approximate surface area is 160 Å². The summed E-state index contributed by atoms with van der Waals surface area (Å²) in [6.45, 7) is 3.44. The Morgan fingerprint density at radius 2 is 1.85 bits per heavy atom. The summed E-state index contributed by atoms with van der Waals surface area (Å²) in [4.78, 5) is 12.1. The topological polar surface area (TPSA) is 63.7 Å². The molecule has 0 aliphatic carbocycles. The first-order valence-electron chi connectivity index (χ1n) is 8.75. The van der Waals surface area contributed by atoms with Crippen LogP contribution in [0.25, 0.3) is 0 Å². The number of nitrogens with zero attached hydrogens (tertiary/aromatic N) is 1. The van der Waals surface area contributed by atoms with Gasteiger partial charge in [-0.1, -0.05) is 35.9 Å². The van der Waals surface area contributed by atoms with Crippen LogP contribution in [0.4, 0.5) is 0 Å². The first-order chi connectivity index (χ1) is 12.8. The van der Waals surface area contributed by atoms with Gasteiger partial charge in [0.2, 0.25) is 10.0 Å². The molecule has 3 rings (SSSR count). The zero-order chi connectivity index (χ0) is 19.6. The van der Waals surface area contributed by atoms with E-state index in [1.54, 1.807) is 31.4 Å². The average Bonchev–Trinajstić information content (AvgIpc) is 2.67. The van der Waals surface area contributed by atoms with Crippen molar-refractivity contribution < 1.29 is 17.9 Å². The number of benzene rings is 2. The maximum absolute atomic E-state index is 13.4. The van der Waals surface area contributed by atoms with Crippen molar-refractivity contribution in [2.75, 3.05) is 13.7 Å². The highest BCUT2D eigenvalue weighted by Gasteiger charge is 2.36. The molecular weight excluding hydrogens is 362 g/mol. The van der Waals surface area contributed by atoms with Gasteiger partial charge >= 0.3 is 0 Å². The third-order valence-corrected chi connectivity index (χ3v) is 6.69. The first-order valence-corrected chi connectivity index (χ1v) is 10.2. The number of rotatable bonds is 5. The van der Waals surface area contributed by atoms with Gasteiger partial charge in [-0.3, -0.25) is 4.79 Å². The predicted molar refractivity (Wildman–Crippen MR) is 104 cm³/mol. The Balaban J connectivity index is 2.07. The molecule has 0 unspecified atom stereocenters. The second-order valence-corrected chi connectivity index (χ2v) is 8.57. The van der Waals surface area contributed by atoms with Crippen LogP contribution in [-0.2, 0) is 14.8 Å². The second-order valence-electron chi connectivity index (χ2n) is 6.68. The Bertz CT molecular complexity index is 977. The number of ether oxygens (including phenoxy) is 1. The molecule has 0 radical (unpaired) electrons. The molecule has 6 heteroatoms. The Kier molecular flexibility index (Phi) is 5.48. The van der Waals surface area contributed by atoms with E-state index in [1.165, 1.54) is 11.2 Å². The highest BCUT2D eigenvalue weighted by Crippen LogP contribution is 2.36. The lowest BCUT2D eigenvalue weighted by Crippen LogP contribution is -2.39. The summed E-state index contributed by atoms with van der Waals surface area (Å²) in [5.41, 5.74) is 2.34. The third-order valence-electron chi connectivity index (χ3n) is 4.82. The summed E-state index contributed by atoms with van der Waals surface area (Å²) in [6.07, 6.45) is 2.28. The number of sulfonamides is 1. The summed E-state index contributed by atoms with van der Waals surface area (Å²) < 4.78 is 33.4. The smallest absolute Gasteiger partial charge is 0.243 e. The van der Waals surface area contributed by atoms with Gasteiger partial charge in [0.15, 0.2) is 5.78 Å². The number of carbonyl (C=O) groups is 1. The van der Waals surface area contributed by atoms with E-state index < -0.39 is 16.1 Å². The number of methoxy groups -OCH3 is 1. The molecule has 0 bridgehead atoms. The van der Waals surface area contributed by atoms with E-state index in [0.29, 0.717) is 17.7 Å². The highest BCUT2D eigenvalue weighted by atomic mass is 32.2. The van der Waals surface area contributed by atoms with Crippen LogP contribution in [0.5, 0.6) is 5.75 Å².